The van der Waals surface area contributed by atoms with Crippen LogP contribution < -0.4 is 5.32 Å². The number of aromatic nitrogens is 3. The van der Waals surface area contributed by atoms with Crippen LogP contribution in [0.3, 0.4) is 0 Å². The van der Waals surface area contributed by atoms with Gasteiger partial charge in [0.25, 0.3) is 5.91 Å². The van der Waals surface area contributed by atoms with Crippen molar-refractivity contribution in [3.05, 3.63) is 116 Å². The Balaban J connectivity index is 1.67. The van der Waals surface area contributed by atoms with Gasteiger partial charge >= 0.3 is 6.09 Å². The summed E-state index contributed by atoms with van der Waals surface area (Å²) >= 11 is 12.9. The largest absolute Gasteiger partial charge is 0.443 e. The van der Waals surface area contributed by atoms with Gasteiger partial charge in [0.05, 0.1) is 17.4 Å². The number of hydrogen-bond donors (Lipinski definition) is 2. The minimum absolute atomic E-state index is 0.0753. The van der Waals surface area contributed by atoms with Gasteiger partial charge in [-0.3, -0.25) is 19.8 Å². The molecule has 2 aromatic heterocycles. The number of amides is 2. The number of nitrogens with zero attached hydrogens (tertiary/aromatic N) is 3. The van der Waals surface area contributed by atoms with Crippen LogP contribution in [0.15, 0.2) is 66.9 Å². The maximum atomic E-state index is 13.8. The van der Waals surface area contributed by atoms with E-state index >= 15 is 0 Å². The standard InChI is InChI=1S/C32H30Cl2FN5O3/c1-18(25-7-5-6-14-36-25)37-30(41)29-27-23(22-13-10-20(33)16-24(22)34)17-40(31(42)43-32(2,3)4)26(28(27)38-39-29)15-19-8-11-21(35)12-9-19/h5-16,18,23H,17H2,1-4H3,(H,37,41)(H,38,39). The number of carbonyl (C=O) groups is 2. The first-order valence-corrected chi connectivity index (χ1v) is 14.4. The van der Waals surface area contributed by atoms with Gasteiger partial charge in [0, 0.05) is 34.3 Å². The molecule has 2 N–H and O–H groups in total. The Hall–Kier alpha value is -4.21. The van der Waals surface area contributed by atoms with Gasteiger partial charge in [0.2, 0.25) is 0 Å². The number of halogens is 3. The van der Waals surface area contributed by atoms with E-state index in [4.69, 9.17) is 27.9 Å². The summed E-state index contributed by atoms with van der Waals surface area (Å²) in [6.07, 6.45) is 2.76. The van der Waals surface area contributed by atoms with Gasteiger partial charge in [-0.15, -0.1) is 0 Å². The summed E-state index contributed by atoms with van der Waals surface area (Å²) in [5, 5.41) is 11.2. The monoisotopic (exact) mass is 621 g/mol. The quantitative estimate of drug-likeness (QED) is 0.239. The molecule has 0 saturated carbocycles. The third-order valence-electron chi connectivity index (χ3n) is 6.88. The van der Waals surface area contributed by atoms with Gasteiger partial charge < -0.3 is 10.1 Å². The average molecular weight is 623 g/mol. The summed E-state index contributed by atoms with van der Waals surface area (Å²) in [6.45, 7) is 7.23. The van der Waals surface area contributed by atoms with Gasteiger partial charge in [-0.2, -0.15) is 5.10 Å². The van der Waals surface area contributed by atoms with Crippen molar-refractivity contribution in [3.63, 3.8) is 0 Å². The van der Waals surface area contributed by atoms with Gasteiger partial charge in [-0.1, -0.05) is 47.5 Å². The lowest BCUT2D eigenvalue weighted by molar-refractivity contribution is 0.0344. The average Bonchev–Trinajstić information content (AvgIpc) is 3.40. The Labute approximate surface area is 258 Å². The Morgan fingerprint density at radius 2 is 1.88 bits per heavy atom. The molecule has 0 saturated heterocycles. The van der Waals surface area contributed by atoms with Crippen LogP contribution in [0.2, 0.25) is 10.0 Å². The van der Waals surface area contributed by atoms with Crippen LogP contribution in [-0.4, -0.2) is 44.2 Å². The summed E-state index contributed by atoms with van der Waals surface area (Å²) in [5.74, 6) is -1.38. The maximum absolute atomic E-state index is 13.8. The number of ether oxygens (including phenoxy) is 1. The predicted octanol–water partition coefficient (Wildman–Crippen LogP) is 7.62. The van der Waals surface area contributed by atoms with E-state index < -0.39 is 35.4 Å². The molecule has 1 aliphatic rings. The number of H-pyrrole nitrogens is 1. The fourth-order valence-corrected chi connectivity index (χ4v) is 5.46. The molecular weight excluding hydrogens is 592 g/mol. The second kappa shape index (κ2) is 12.2. The SMILES string of the molecule is CC(NC(=O)c1[nH]nc2c1C(c1ccc(Cl)cc1Cl)CN(C(=O)OC(C)(C)C)C2=Cc1ccc(F)cc1)c1ccccn1. The van der Waals surface area contributed by atoms with Crippen LogP contribution in [0.25, 0.3) is 11.8 Å². The second-order valence-electron chi connectivity index (χ2n) is 11.2. The lowest BCUT2D eigenvalue weighted by Gasteiger charge is -2.36. The zero-order valence-electron chi connectivity index (χ0n) is 24.0. The number of pyridine rings is 1. The molecule has 5 rings (SSSR count). The molecular formula is C32H30Cl2FN5O3. The zero-order valence-corrected chi connectivity index (χ0v) is 25.5. The lowest BCUT2D eigenvalue weighted by atomic mass is 9.84. The number of aromatic amines is 1. The fraction of sp³-hybridized carbons (Fsp3) is 0.250. The first kappa shape index (κ1) is 30.3. The molecule has 2 atom stereocenters. The van der Waals surface area contributed by atoms with E-state index in [1.807, 2.05) is 19.1 Å². The molecule has 8 nitrogen and oxygen atoms in total. The Bertz CT molecular complexity index is 1680. The summed E-state index contributed by atoms with van der Waals surface area (Å²) < 4.78 is 19.5. The summed E-state index contributed by atoms with van der Waals surface area (Å²) in [4.78, 5) is 33.2. The second-order valence-corrected chi connectivity index (χ2v) is 12.0. The minimum Gasteiger partial charge on any atom is -0.443 e. The lowest BCUT2D eigenvalue weighted by Crippen LogP contribution is -2.41. The predicted molar refractivity (Wildman–Crippen MR) is 164 cm³/mol. The Morgan fingerprint density at radius 3 is 2.53 bits per heavy atom. The summed E-state index contributed by atoms with van der Waals surface area (Å²) in [7, 11) is 0. The first-order chi connectivity index (χ1) is 20.4. The van der Waals surface area contributed by atoms with Crippen molar-refractivity contribution < 1.29 is 18.7 Å². The molecule has 1 aliphatic heterocycles. The van der Waals surface area contributed by atoms with E-state index in [-0.39, 0.29) is 12.2 Å². The highest BCUT2D eigenvalue weighted by molar-refractivity contribution is 6.35. The highest BCUT2D eigenvalue weighted by atomic mass is 35.5. The maximum Gasteiger partial charge on any atom is 0.414 e. The minimum atomic E-state index is -0.788. The van der Waals surface area contributed by atoms with Crippen LogP contribution >= 0.6 is 23.2 Å². The molecule has 11 heteroatoms. The van der Waals surface area contributed by atoms with Crippen molar-refractivity contribution >= 4 is 47.0 Å². The highest BCUT2D eigenvalue weighted by Crippen LogP contribution is 2.43. The van der Waals surface area contributed by atoms with E-state index in [2.05, 4.69) is 20.5 Å². The number of carbonyl (C=O) groups excluding carboxylic acids is 2. The molecule has 0 spiro atoms. The molecule has 0 fully saturated rings. The molecule has 2 unspecified atom stereocenters. The third-order valence-corrected chi connectivity index (χ3v) is 7.44. The van der Waals surface area contributed by atoms with E-state index in [0.717, 1.165) is 0 Å². The van der Waals surface area contributed by atoms with Crippen LogP contribution in [0, 0.1) is 5.82 Å². The van der Waals surface area contributed by atoms with E-state index in [9.17, 15) is 14.0 Å². The number of hydrogen-bond acceptors (Lipinski definition) is 5. The number of fused-ring (bicyclic) bond motifs is 1. The Kier molecular flexibility index (Phi) is 8.57. The molecule has 4 aromatic rings. The number of nitrogens with one attached hydrogen (secondary N) is 2. The van der Waals surface area contributed by atoms with Crippen molar-refractivity contribution in [2.45, 2.75) is 45.3 Å². The van der Waals surface area contributed by atoms with Crippen LogP contribution in [0.4, 0.5) is 9.18 Å². The van der Waals surface area contributed by atoms with Crippen LogP contribution in [-0.2, 0) is 4.74 Å². The molecule has 0 aliphatic carbocycles. The van der Waals surface area contributed by atoms with Crippen molar-refractivity contribution in [3.8, 4) is 0 Å². The van der Waals surface area contributed by atoms with Crippen molar-refractivity contribution in [2.24, 2.45) is 0 Å². The summed E-state index contributed by atoms with van der Waals surface area (Å²) in [6, 6.07) is 16.0. The Morgan fingerprint density at radius 1 is 1.14 bits per heavy atom. The molecule has 222 valence electrons. The van der Waals surface area contributed by atoms with Crippen LogP contribution in [0.1, 0.15) is 78.2 Å². The number of rotatable bonds is 5. The topological polar surface area (TPSA) is 100 Å². The third kappa shape index (κ3) is 6.73. The van der Waals surface area contributed by atoms with Crippen molar-refractivity contribution in [1.82, 2.24) is 25.4 Å². The van der Waals surface area contributed by atoms with Crippen molar-refractivity contribution in [2.75, 3.05) is 6.54 Å². The van der Waals surface area contributed by atoms with Gasteiger partial charge in [-0.05, 0) is 81.3 Å². The molecule has 43 heavy (non-hydrogen) atoms. The fourth-order valence-electron chi connectivity index (χ4n) is 4.92. The smallest absolute Gasteiger partial charge is 0.414 e. The van der Waals surface area contributed by atoms with E-state index in [1.54, 1.807) is 69.4 Å². The highest BCUT2D eigenvalue weighted by Gasteiger charge is 2.41. The summed E-state index contributed by atoms with van der Waals surface area (Å²) in [5.41, 5.74) is 2.66. The molecule has 2 amide bonds. The van der Waals surface area contributed by atoms with Gasteiger partial charge in [-0.25, -0.2) is 9.18 Å². The van der Waals surface area contributed by atoms with Crippen molar-refractivity contribution in [1.29, 1.82) is 0 Å². The zero-order chi connectivity index (χ0) is 30.9. The molecule has 2 aromatic carbocycles. The van der Waals surface area contributed by atoms with Crippen LogP contribution in [0.5, 0.6) is 0 Å². The van der Waals surface area contributed by atoms with E-state index in [0.29, 0.717) is 43.8 Å². The molecule has 0 radical (unpaired) electrons. The van der Waals surface area contributed by atoms with Gasteiger partial charge in [0.1, 0.15) is 22.8 Å². The van der Waals surface area contributed by atoms with Gasteiger partial charge in [0.15, 0.2) is 0 Å². The van der Waals surface area contributed by atoms with E-state index in [1.165, 1.54) is 17.0 Å². The molecule has 0 bridgehead atoms. The number of benzene rings is 2. The molecule has 3 heterocycles. The first-order valence-electron chi connectivity index (χ1n) is 13.6. The normalized spacial score (nSPS) is 16.5.